The highest BCUT2D eigenvalue weighted by atomic mass is 32.2. The fourth-order valence-electron chi connectivity index (χ4n) is 3.94. The monoisotopic (exact) mass is 410 g/mol. The molecule has 2 amide bonds. The second kappa shape index (κ2) is 9.01. The maximum atomic E-state index is 12.8. The van der Waals surface area contributed by atoms with Gasteiger partial charge in [-0.05, 0) is 24.6 Å². The van der Waals surface area contributed by atoms with E-state index in [1.165, 1.54) is 0 Å². The summed E-state index contributed by atoms with van der Waals surface area (Å²) in [6.07, 6.45) is 0.323. The van der Waals surface area contributed by atoms with Crippen LogP contribution in [0, 0.1) is 0 Å². The summed E-state index contributed by atoms with van der Waals surface area (Å²) in [5, 5.41) is 0. The average molecular weight is 411 g/mol. The van der Waals surface area contributed by atoms with Gasteiger partial charge in [0, 0.05) is 36.6 Å². The second-order valence-corrected chi connectivity index (χ2v) is 8.64. The summed E-state index contributed by atoms with van der Waals surface area (Å²) in [4.78, 5) is 30.5. The summed E-state index contributed by atoms with van der Waals surface area (Å²) >= 11 is 1.77. The molecule has 1 saturated heterocycles. The molecule has 4 rings (SSSR count). The Bertz CT molecular complexity index is 873. The zero-order valence-corrected chi connectivity index (χ0v) is 17.4. The molecular weight excluding hydrogens is 384 g/mol. The van der Waals surface area contributed by atoms with Crippen LogP contribution in [0.2, 0.25) is 0 Å². The predicted molar refractivity (Wildman–Crippen MR) is 115 cm³/mol. The van der Waals surface area contributed by atoms with Crippen molar-refractivity contribution in [3.8, 4) is 0 Å². The number of hydrogen-bond acceptors (Lipinski definition) is 4. The highest BCUT2D eigenvalue weighted by Gasteiger charge is 2.30. The molecule has 0 bridgehead atoms. The number of amides is 2. The largest absolute Gasteiger partial charge is 0.367 e. The van der Waals surface area contributed by atoms with Crippen molar-refractivity contribution >= 4 is 29.3 Å². The van der Waals surface area contributed by atoms with Crippen molar-refractivity contribution < 1.29 is 14.3 Å². The predicted octanol–water partition coefficient (Wildman–Crippen LogP) is 3.89. The van der Waals surface area contributed by atoms with Crippen molar-refractivity contribution in [1.29, 1.82) is 0 Å². The number of para-hydroxylation sites is 1. The number of anilines is 1. The van der Waals surface area contributed by atoms with E-state index in [1.54, 1.807) is 11.8 Å². The third-order valence-corrected chi connectivity index (χ3v) is 6.41. The fraction of sp³-hybridized carbons (Fsp3) is 0.391. The lowest BCUT2D eigenvalue weighted by molar-refractivity contribution is -0.145. The van der Waals surface area contributed by atoms with Crippen LogP contribution in [-0.2, 0) is 14.3 Å². The summed E-state index contributed by atoms with van der Waals surface area (Å²) < 4.78 is 6.04. The number of rotatable bonds is 4. The number of benzene rings is 2. The summed E-state index contributed by atoms with van der Waals surface area (Å²) in [5.74, 6) is 0.928. The van der Waals surface area contributed by atoms with Gasteiger partial charge in [-0.15, -0.1) is 11.8 Å². The van der Waals surface area contributed by atoms with E-state index in [2.05, 4.69) is 0 Å². The number of hydrogen-bond donors (Lipinski definition) is 0. The van der Waals surface area contributed by atoms with Gasteiger partial charge in [0.05, 0.1) is 18.3 Å². The number of carbonyl (C=O) groups is 2. The second-order valence-electron chi connectivity index (χ2n) is 7.51. The van der Waals surface area contributed by atoms with Crippen LogP contribution < -0.4 is 4.90 Å². The maximum Gasteiger partial charge on any atom is 0.227 e. The lowest BCUT2D eigenvalue weighted by Crippen LogP contribution is -2.46. The minimum absolute atomic E-state index is 0.0204. The maximum absolute atomic E-state index is 12.8. The van der Waals surface area contributed by atoms with Crippen molar-refractivity contribution in [2.75, 3.05) is 30.3 Å². The van der Waals surface area contributed by atoms with Crippen molar-refractivity contribution in [2.24, 2.45) is 0 Å². The van der Waals surface area contributed by atoms with Crippen LogP contribution in [0.1, 0.15) is 31.4 Å². The standard InChI is InChI=1S/C23H26N2O3S/c1-17-15-24(16-20(28-17)18-7-3-2-4-8-18)22(26)11-12-23(27)25-13-14-29-21-10-6-5-9-19(21)25/h2-10,17,20H,11-16H2,1H3. The number of ether oxygens (including phenoxy) is 1. The van der Waals surface area contributed by atoms with Crippen LogP contribution in [0.15, 0.2) is 59.5 Å². The molecule has 2 aromatic rings. The smallest absolute Gasteiger partial charge is 0.227 e. The van der Waals surface area contributed by atoms with Gasteiger partial charge in [0.15, 0.2) is 0 Å². The van der Waals surface area contributed by atoms with E-state index in [0.29, 0.717) is 19.6 Å². The topological polar surface area (TPSA) is 49.9 Å². The average Bonchev–Trinajstić information content (AvgIpc) is 2.77. The Labute approximate surface area is 176 Å². The minimum atomic E-state index is -0.120. The molecule has 0 N–H and O–H groups in total. The van der Waals surface area contributed by atoms with Crippen molar-refractivity contribution in [2.45, 2.75) is 36.9 Å². The zero-order chi connectivity index (χ0) is 20.2. The summed E-state index contributed by atoms with van der Waals surface area (Å²) in [7, 11) is 0. The molecule has 0 aromatic heterocycles. The first-order valence-corrected chi connectivity index (χ1v) is 11.1. The highest BCUT2D eigenvalue weighted by Crippen LogP contribution is 2.34. The van der Waals surface area contributed by atoms with Crippen LogP contribution in [0.3, 0.4) is 0 Å². The third-order valence-electron chi connectivity index (χ3n) is 5.37. The molecule has 2 aliphatic rings. The van der Waals surface area contributed by atoms with Gasteiger partial charge in [0.1, 0.15) is 6.10 Å². The molecule has 2 heterocycles. The van der Waals surface area contributed by atoms with Crippen LogP contribution >= 0.6 is 11.8 Å². The Kier molecular flexibility index (Phi) is 6.21. The molecule has 0 spiro atoms. The van der Waals surface area contributed by atoms with Gasteiger partial charge in [-0.1, -0.05) is 42.5 Å². The first kappa shape index (κ1) is 20.0. The molecule has 0 aliphatic carbocycles. The van der Waals surface area contributed by atoms with E-state index >= 15 is 0 Å². The molecule has 6 heteroatoms. The van der Waals surface area contributed by atoms with Crippen LogP contribution in [0.5, 0.6) is 0 Å². The lowest BCUT2D eigenvalue weighted by Gasteiger charge is -2.37. The quantitative estimate of drug-likeness (QED) is 0.767. The summed E-state index contributed by atoms with van der Waals surface area (Å²) in [5.41, 5.74) is 2.04. The number of nitrogens with zero attached hydrogens (tertiary/aromatic N) is 2. The van der Waals surface area contributed by atoms with E-state index in [-0.39, 0.29) is 36.9 Å². The molecule has 2 atom stereocenters. The zero-order valence-electron chi connectivity index (χ0n) is 16.6. The van der Waals surface area contributed by atoms with Gasteiger partial charge >= 0.3 is 0 Å². The number of thioether (sulfide) groups is 1. The number of morpholine rings is 1. The number of carbonyl (C=O) groups excluding carboxylic acids is 2. The van der Waals surface area contributed by atoms with E-state index in [4.69, 9.17) is 4.74 Å². The Morgan fingerprint density at radius 2 is 1.72 bits per heavy atom. The molecule has 5 nitrogen and oxygen atoms in total. The fourth-order valence-corrected chi connectivity index (χ4v) is 4.94. The molecule has 152 valence electrons. The van der Waals surface area contributed by atoms with Crippen molar-refractivity contribution in [3.63, 3.8) is 0 Å². The molecule has 29 heavy (non-hydrogen) atoms. The van der Waals surface area contributed by atoms with Gasteiger partial charge in [-0.3, -0.25) is 9.59 Å². The van der Waals surface area contributed by atoms with E-state index in [0.717, 1.165) is 21.9 Å². The van der Waals surface area contributed by atoms with Crippen molar-refractivity contribution in [3.05, 3.63) is 60.2 Å². The molecule has 2 aromatic carbocycles. The van der Waals surface area contributed by atoms with Gasteiger partial charge in [0.2, 0.25) is 11.8 Å². The Hall–Kier alpha value is -2.31. The van der Waals surface area contributed by atoms with Crippen molar-refractivity contribution in [1.82, 2.24) is 4.90 Å². The molecular formula is C23H26N2O3S. The summed E-state index contributed by atoms with van der Waals surface area (Å²) in [6.45, 7) is 3.78. The van der Waals surface area contributed by atoms with Crippen LogP contribution in [0.25, 0.3) is 0 Å². The van der Waals surface area contributed by atoms with Gasteiger partial charge in [-0.25, -0.2) is 0 Å². The molecule has 2 aliphatic heterocycles. The SMILES string of the molecule is CC1CN(C(=O)CCC(=O)N2CCSc3ccccc32)CC(c2ccccc2)O1. The number of fused-ring (bicyclic) bond motifs is 1. The minimum Gasteiger partial charge on any atom is -0.367 e. The third kappa shape index (κ3) is 4.65. The highest BCUT2D eigenvalue weighted by molar-refractivity contribution is 7.99. The van der Waals surface area contributed by atoms with Crippen LogP contribution in [0.4, 0.5) is 5.69 Å². The van der Waals surface area contributed by atoms with E-state index in [9.17, 15) is 9.59 Å². The van der Waals surface area contributed by atoms with Crippen LogP contribution in [-0.4, -0.2) is 48.2 Å². The molecule has 1 fully saturated rings. The summed E-state index contributed by atoms with van der Waals surface area (Å²) in [6, 6.07) is 18.0. The molecule has 2 unspecified atom stereocenters. The van der Waals surface area contributed by atoms with Gasteiger partial charge < -0.3 is 14.5 Å². The molecule has 0 radical (unpaired) electrons. The van der Waals surface area contributed by atoms with Gasteiger partial charge in [0.25, 0.3) is 0 Å². The first-order valence-electron chi connectivity index (χ1n) is 10.1. The van der Waals surface area contributed by atoms with E-state index in [1.807, 2.05) is 71.3 Å². The molecule has 0 saturated carbocycles. The first-order chi connectivity index (χ1) is 14.1. The normalized spacial score (nSPS) is 21.6. The Balaban J connectivity index is 1.36. The van der Waals surface area contributed by atoms with Gasteiger partial charge in [-0.2, -0.15) is 0 Å². The lowest BCUT2D eigenvalue weighted by atomic mass is 10.1. The van der Waals surface area contributed by atoms with E-state index < -0.39 is 0 Å². The Morgan fingerprint density at radius 3 is 2.55 bits per heavy atom. The Morgan fingerprint density at radius 1 is 1.00 bits per heavy atom.